The van der Waals surface area contributed by atoms with Gasteiger partial charge in [0, 0.05) is 10.9 Å². The summed E-state index contributed by atoms with van der Waals surface area (Å²) in [4.78, 5) is 11.3. The van der Waals surface area contributed by atoms with Crippen LogP contribution >= 0.6 is 9.90 Å². The van der Waals surface area contributed by atoms with Gasteiger partial charge < -0.3 is 0 Å². The molecule has 4 rings (SSSR count). The van der Waals surface area contributed by atoms with Gasteiger partial charge >= 0.3 is 0 Å². The van der Waals surface area contributed by atoms with Crippen LogP contribution in [0.3, 0.4) is 0 Å². The first-order valence-corrected chi connectivity index (χ1v) is 6.66. The molecule has 0 fully saturated rings. The van der Waals surface area contributed by atoms with Gasteiger partial charge in [0.15, 0.2) is 6.29 Å². The first-order chi connectivity index (χ1) is 9.86. The Morgan fingerprint density at radius 3 is 2.10 bits per heavy atom. The number of aldehydes is 1. The Labute approximate surface area is 126 Å². The molecule has 0 saturated carbocycles. The van der Waals surface area contributed by atoms with Crippen LogP contribution in [-0.4, -0.2) is 6.29 Å². The average molecular weight is 290 g/mol. The number of hydrogen-bond acceptors (Lipinski definition) is 1. The van der Waals surface area contributed by atoms with Crippen molar-refractivity contribution in [2.24, 2.45) is 0 Å². The SMILES string of the molecule is O=Cc1cccc2ccc3cc4ccccc4cc3c12.P. The van der Waals surface area contributed by atoms with Gasteiger partial charge in [-0.3, -0.25) is 4.79 Å². The molecule has 1 nitrogen and oxygen atoms in total. The second-order valence-corrected chi connectivity index (χ2v) is 5.05. The minimum Gasteiger partial charge on any atom is -0.298 e. The lowest BCUT2D eigenvalue weighted by Crippen LogP contribution is -1.86. The molecule has 21 heavy (non-hydrogen) atoms. The summed E-state index contributed by atoms with van der Waals surface area (Å²) in [5.41, 5.74) is 0.753. The predicted octanol–water partition coefficient (Wildman–Crippen LogP) is 5.02. The van der Waals surface area contributed by atoms with Gasteiger partial charge in [-0.25, -0.2) is 0 Å². The van der Waals surface area contributed by atoms with E-state index in [1.165, 1.54) is 16.2 Å². The molecule has 0 aliphatic heterocycles. The molecule has 1 atom stereocenters. The number of carbonyl (C=O) groups excluding carboxylic acids is 1. The van der Waals surface area contributed by atoms with Gasteiger partial charge in [0.1, 0.15) is 0 Å². The number of hydrogen-bond donors (Lipinski definition) is 0. The van der Waals surface area contributed by atoms with Crippen molar-refractivity contribution in [1.82, 2.24) is 0 Å². The molecule has 0 aliphatic carbocycles. The highest BCUT2D eigenvalue weighted by molar-refractivity contribution is 6.92. The first kappa shape index (κ1) is 13.7. The molecule has 1 unspecified atom stereocenters. The highest BCUT2D eigenvalue weighted by atomic mass is 31.0. The van der Waals surface area contributed by atoms with Gasteiger partial charge in [0.25, 0.3) is 0 Å². The van der Waals surface area contributed by atoms with Crippen molar-refractivity contribution >= 4 is 48.5 Å². The molecule has 4 aromatic rings. The van der Waals surface area contributed by atoms with E-state index in [1.54, 1.807) is 0 Å². The Balaban J connectivity index is 0.00000132. The standard InChI is InChI=1S/C19H12O.H3P/c20-12-17-7-3-6-13-8-9-16-10-14-4-1-2-5-15(14)11-18(16)19(13)17;/h1-12H;1H3. The minimum atomic E-state index is 0. The molecule has 0 aliphatic rings. The van der Waals surface area contributed by atoms with Gasteiger partial charge in [-0.15, -0.1) is 0 Å². The van der Waals surface area contributed by atoms with Crippen LogP contribution in [0.4, 0.5) is 0 Å². The van der Waals surface area contributed by atoms with Crippen molar-refractivity contribution in [3.05, 3.63) is 72.3 Å². The van der Waals surface area contributed by atoms with E-state index in [9.17, 15) is 4.79 Å². The summed E-state index contributed by atoms with van der Waals surface area (Å²) in [5.74, 6) is 0. The highest BCUT2D eigenvalue weighted by Crippen LogP contribution is 2.31. The van der Waals surface area contributed by atoms with Gasteiger partial charge in [-0.1, -0.05) is 54.6 Å². The maximum Gasteiger partial charge on any atom is 0.150 e. The largest absolute Gasteiger partial charge is 0.298 e. The van der Waals surface area contributed by atoms with Crippen LogP contribution in [0, 0.1) is 0 Å². The third-order valence-electron chi connectivity index (χ3n) is 3.89. The lowest BCUT2D eigenvalue weighted by Gasteiger charge is -2.08. The van der Waals surface area contributed by atoms with Gasteiger partial charge in [-0.2, -0.15) is 9.90 Å². The average Bonchev–Trinajstić information content (AvgIpc) is 2.52. The Morgan fingerprint density at radius 1 is 0.667 bits per heavy atom. The lowest BCUT2D eigenvalue weighted by molar-refractivity contribution is 0.112. The Bertz CT molecular complexity index is 973. The van der Waals surface area contributed by atoms with Crippen molar-refractivity contribution in [2.75, 3.05) is 0 Å². The Hall–Kier alpha value is -2.24. The van der Waals surface area contributed by atoms with Crippen LogP contribution in [0.1, 0.15) is 10.4 Å². The van der Waals surface area contributed by atoms with Crippen molar-refractivity contribution in [3.63, 3.8) is 0 Å². The molecule has 0 N–H and O–H groups in total. The minimum absolute atomic E-state index is 0. The van der Waals surface area contributed by atoms with Crippen LogP contribution in [0.25, 0.3) is 32.3 Å². The van der Waals surface area contributed by atoms with E-state index in [1.807, 2.05) is 24.3 Å². The smallest absolute Gasteiger partial charge is 0.150 e. The molecule has 0 aromatic heterocycles. The summed E-state index contributed by atoms with van der Waals surface area (Å²) < 4.78 is 0. The van der Waals surface area contributed by atoms with E-state index in [2.05, 4.69) is 42.5 Å². The summed E-state index contributed by atoms with van der Waals surface area (Å²) in [6, 6.07) is 22.7. The molecule has 0 saturated heterocycles. The normalized spacial score (nSPS) is 10.7. The van der Waals surface area contributed by atoms with E-state index in [0.29, 0.717) is 0 Å². The van der Waals surface area contributed by atoms with Gasteiger partial charge in [0.05, 0.1) is 0 Å². The molecule has 0 spiro atoms. The molecule has 4 aromatic carbocycles. The van der Waals surface area contributed by atoms with Crippen LogP contribution in [0.2, 0.25) is 0 Å². The summed E-state index contributed by atoms with van der Waals surface area (Å²) in [7, 11) is 0. The maximum absolute atomic E-state index is 11.3. The van der Waals surface area contributed by atoms with Crippen LogP contribution in [-0.2, 0) is 0 Å². The number of benzene rings is 4. The monoisotopic (exact) mass is 290 g/mol. The van der Waals surface area contributed by atoms with E-state index in [0.717, 1.165) is 28.0 Å². The summed E-state index contributed by atoms with van der Waals surface area (Å²) in [6.45, 7) is 0. The summed E-state index contributed by atoms with van der Waals surface area (Å²) in [5, 5.41) is 6.90. The molecule has 102 valence electrons. The topological polar surface area (TPSA) is 17.1 Å². The molecule has 0 heterocycles. The third-order valence-corrected chi connectivity index (χ3v) is 3.89. The van der Waals surface area contributed by atoms with Gasteiger partial charge in [0.2, 0.25) is 0 Å². The Morgan fingerprint density at radius 2 is 1.33 bits per heavy atom. The van der Waals surface area contributed by atoms with Crippen LogP contribution < -0.4 is 0 Å². The predicted molar refractivity (Wildman–Crippen MR) is 95.5 cm³/mol. The third kappa shape index (κ3) is 2.11. The quantitative estimate of drug-likeness (QED) is 0.208. The molecule has 0 bridgehead atoms. The summed E-state index contributed by atoms with van der Waals surface area (Å²) >= 11 is 0. The van der Waals surface area contributed by atoms with Gasteiger partial charge in [-0.05, 0) is 39.1 Å². The maximum atomic E-state index is 11.3. The second-order valence-electron chi connectivity index (χ2n) is 5.05. The molecular weight excluding hydrogens is 275 g/mol. The lowest BCUT2D eigenvalue weighted by atomic mass is 9.96. The van der Waals surface area contributed by atoms with E-state index >= 15 is 0 Å². The van der Waals surface area contributed by atoms with Crippen molar-refractivity contribution < 1.29 is 4.79 Å². The highest BCUT2D eigenvalue weighted by Gasteiger charge is 2.06. The van der Waals surface area contributed by atoms with E-state index in [-0.39, 0.29) is 9.90 Å². The first-order valence-electron chi connectivity index (χ1n) is 6.66. The molecular formula is C19H15OP. The van der Waals surface area contributed by atoms with Crippen molar-refractivity contribution in [2.45, 2.75) is 0 Å². The number of rotatable bonds is 1. The van der Waals surface area contributed by atoms with Crippen LogP contribution in [0.5, 0.6) is 0 Å². The van der Waals surface area contributed by atoms with E-state index < -0.39 is 0 Å². The molecule has 0 radical (unpaired) electrons. The fourth-order valence-corrected chi connectivity index (χ4v) is 2.93. The second kappa shape index (κ2) is 5.27. The van der Waals surface area contributed by atoms with Crippen molar-refractivity contribution in [3.8, 4) is 0 Å². The zero-order valence-corrected chi connectivity index (χ0v) is 13.0. The van der Waals surface area contributed by atoms with Crippen LogP contribution in [0.15, 0.2) is 66.7 Å². The Kier molecular flexibility index (Phi) is 3.45. The fourth-order valence-electron chi connectivity index (χ4n) is 2.93. The summed E-state index contributed by atoms with van der Waals surface area (Å²) in [6.07, 6.45) is 0.941. The molecule has 2 heteroatoms. The number of fused-ring (bicyclic) bond motifs is 4. The van der Waals surface area contributed by atoms with Crippen molar-refractivity contribution in [1.29, 1.82) is 0 Å². The molecule has 0 amide bonds. The number of carbonyl (C=O) groups is 1. The fraction of sp³-hybridized carbons (Fsp3) is 0. The van der Waals surface area contributed by atoms with E-state index in [4.69, 9.17) is 0 Å². The zero-order valence-electron chi connectivity index (χ0n) is 11.5. The zero-order chi connectivity index (χ0) is 13.5.